The zero-order valence-corrected chi connectivity index (χ0v) is 17.5. The number of benzene rings is 1. The van der Waals surface area contributed by atoms with Crippen LogP contribution in [-0.2, 0) is 17.7 Å². The van der Waals surface area contributed by atoms with E-state index in [1.807, 2.05) is 32.7 Å². The van der Waals surface area contributed by atoms with Crippen molar-refractivity contribution in [2.24, 2.45) is 5.92 Å². The van der Waals surface area contributed by atoms with Crippen molar-refractivity contribution in [2.75, 3.05) is 31.6 Å². The third-order valence-electron chi connectivity index (χ3n) is 5.66. The number of carbonyl (C=O) groups is 1. The van der Waals surface area contributed by atoms with Crippen LogP contribution in [0.5, 0.6) is 0 Å². The molecule has 1 aromatic rings. The van der Waals surface area contributed by atoms with E-state index in [9.17, 15) is 4.79 Å². The molecule has 27 heavy (non-hydrogen) atoms. The van der Waals surface area contributed by atoms with Crippen LogP contribution in [-0.4, -0.2) is 49.3 Å². The Balaban J connectivity index is 1.85. The van der Waals surface area contributed by atoms with Crippen LogP contribution in [0.15, 0.2) is 18.2 Å². The van der Waals surface area contributed by atoms with E-state index in [0.29, 0.717) is 6.54 Å². The van der Waals surface area contributed by atoms with Gasteiger partial charge >= 0.3 is 6.09 Å². The molecule has 0 radical (unpaired) electrons. The second-order valence-electron chi connectivity index (χ2n) is 9.11. The van der Waals surface area contributed by atoms with E-state index in [-0.39, 0.29) is 12.1 Å². The molecule has 2 aliphatic rings. The summed E-state index contributed by atoms with van der Waals surface area (Å²) in [7, 11) is 1.95. The number of likely N-dealkylation sites (N-methyl/N-ethyl adjacent to an activating group) is 1. The third kappa shape index (κ3) is 4.75. The molecule has 150 valence electrons. The van der Waals surface area contributed by atoms with Crippen LogP contribution in [0.2, 0.25) is 0 Å². The summed E-state index contributed by atoms with van der Waals surface area (Å²) in [5.74, 6) is 0.820. The van der Waals surface area contributed by atoms with Crippen molar-refractivity contribution in [1.82, 2.24) is 10.2 Å². The Bertz CT molecular complexity index is 660. The molecule has 1 unspecified atom stereocenters. The molecule has 1 amide bonds. The molecule has 1 fully saturated rings. The Morgan fingerprint density at radius 1 is 1.26 bits per heavy atom. The molecule has 1 atom stereocenters. The van der Waals surface area contributed by atoms with Crippen LogP contribution in [0.3, 0.4) is 0 Å². The van der Waals surface area contributed by atoms with E-state index in [4.69, 9.17) is 4.74 Å². The number of hydrogen-bond acceptors (Lipinski definition) is 4. The SMILES string of the molecule is CNCC1Cc2c(cccc2N2CCC(C)CC2)CN1C(=O)OC(C)(C)C. The highest BCUT2D eigenvalue weighted by Crippen LogP contribution is 2.34. The monoisotopic (exact) mass is 373 g/mol. The topological polar surface area (TPSA) is 44.8 Å². The Morgan fingerprint density at radius 3 is 2.59 bits per heavy atom. The summed E-state index contributed by atoms with van der Waals surface area (Å²) in [4.78, 5) is 17.2. The van der Waals surface area contributed by atoms with Gasteiger partial charge in [-0.25, -0.2) is 4.79 Å². The number of ether oxygens (including phenoxy) is 1. The van der Waals surface area contributed by atoms with Crippen molar-refractivity contribution in [3.8, 4) is 0 Å². The highest BCUT2D eigenvalue weighted by Gasteiger charge is 2.34. The van der Waals surface area contributed by atoms with Crippen molar-refractivity contribution in [1.29, 1.82) is 0 Å². The van der Waals surface area contributed by atoms with Gasteiger partial charge in [-0.1, -0.05) is 19.1 Å². The average molecular weight is 374 g/mol. The highest BCUT2D eigenvalue weighted by molar-refractivity contribution is 5.70. The number of piperidine rings is 1. The summed E-state index contributed by atoms with van der Waals surface area (Å²) in [6.45, 7) is 11.8. The molecule has 0 aliphatic carbocycles. The largest absolute Gasteiger partial charge is 0.444 e. The number of hydrogen-bond donors (Lipinski definition) is 1. The van der Waals surface area contributed by atoms with Crippen molar-refractivity contribution in [3.63, 3.8) is 0 Å². The fraction of sp³-hybridized carbons (Fsp3) is 0.682. The molecule has 1 saturated heterocycles. The number of fused-ring (bicyclic) bond motifs is 1. The van der Waals surface area contributed by atoms with Crippen molar-refractivity contribution >= 4 is 11.8 Å². The lowest BCUT2D eigenvalue weighted by atomic mass is 9.90. The van der Waals surface area contributed by atoms with Gasteiger partial charge in [0.1, 0.15) is 5.60 Å². The molecular formula is C22H35N3O2. The summed E-state index contributed by atoms with van der Waals surface area (Å²) >= 11 is 0. The normalized spacial score (nSPS) is 21.1. The maximum atomic E-state index is 12.8. The van der Waals surface area contributed by atoms with Gasteiger partial charge in [0, 0.05) is 31.9 Å². The summed E-state index contributed by atoms with van der Waals surface area (Å²) in [6.07, 6.45) is 3.17. The van der Waals surface area contributed by atoms with Crippen molar-refractivity contribution in [2.45, 2.75) is 65.1 Å². The molecule has 3 rings (SSSR count). The molecule has 1 aromatic carbocycles. The van der Waals surface area contributed by atoms with Crippen LogP contribution in [0.25, 0.3) is 0 Å². The molecular weight excluding hydrogens is 338 g/mol. The van der Waals surface area contributed by atoms with Gasteiger partial charge in [0.15, 0.2) is 0 Å². The number of amides is 1. The third-order valence-corrected chi connectivity index (χ3v) is 5.66. The highest BCUT2D eigenvalue weighted by atomic mass is 16.6. The summed E-state index contributed by atoms with van der Waals surface area (Å²) in [5, 5.41) is 3.26. The minimum atomic E-state index is -0.478. The Hall–Kier alpha value is -1.75. The maximum absolute atomic E-state index is 12.8. The molecule has 0 aromatic heterocycles. The number of carbonyl (C=O) groups excluding carboxylic acids is 1. The first-order valence-electron chi connectivity index (χ1n) is 10.3. The fourth-order valence-corrected chi connectivity index (χ4v) is 4.16. The fourth-order valence-electron chi connectivity index (χ4n) is 4.16. The Labute approximate surface area is 164 Å². The number of nitrogens with one attached hydrogen (secondary N) is 1. The van der Waals surface area contributed by atoms with Crippen LogP contribution >= 0.6 is 0 Å². The molecule has 0 saturated carbocycles. The molecule has 0 spiro atoms. The van der Waals surface area contributed by atoms with Crippen molar-refractivity contribution in [3.05, 3.63) is 29.3 Å². The Kier molecular flexibility index (Phi) is 5.99. The lowest BCUT2D eigenvalue weighted by molar-refractivity contribution is 0.0122. The number of anilines is 1. The van der Waals surface area contributed by atoms with E-state index in [1.54, 1.807) is 0 Å². The van der Waals surface area contributed by atoms with Gasteiger partial charge in [-0.3, -0.25) is 4.90 Å². The van der Waals surface area contributed by atoms with Crippen LogP contribution in [0.4, 0.5) is 10.5 Å². The number of nitrogens with zero attached hydrogens (tertiary/aromatic N) is 2. The minimum Gasteiger partial charge on any atom is -0.444 e. The van der Waals surface area contributed by atoms with E-state index in [1.165, 1.54) is 29.7 Å². The van der Waals surface area contributed by atoms with E-state index in [0.717, 1.165) is 32.0 Å². The molecule has 5 nitrogen and oxygen atoms in total. The lowest BCUT2D eigenvalue weighted by Gasteiger charge is -2.40. The first-order chi connectivity index (χ1) is 12.8. The molecule has 5 heteroatoms. The quantitative estimate of drug-likeness (QED) is 0.875. The first-order valence-corrected chi connectivity index (χ1v) is 10.3. The van der Waals surface area contributed by atoms with Gasteiger partial charge in [0.05, 0.1) is 6.04 Å². The summed E-state index contributed by atoms with van der Waals surface area (Å²) < 4.78 is 5.68. The summed E-state index contributed by atoms with van der Waals surface area (Å²) in [5.41, 5.74) is 3.55. The first kappa shape index (κ1) is 20.0. The Morgan fingerprint density at radius 2 is 1.96 bits per heavy atom. The second kappa shape index (κ2) is 8.09. The minimum absolute atomic E-state index is 0.113. The molecule has 1 N–H and O–H groups in total. The van der Waals surface area contributed by atoms with Crippen LogP contribution in [0.1, 0.15) is 51.7 Å². The van der Waals surface area contributed by atoms with E-state index < -0.39 is 5.60 Å². The van der Waals surface area contributed by atoms with Gasteiger partial charge in [0.25, 0.3) is 0 Å². The van der Waals surface area contributed by atoms with Crippen molar-refractivity contribution < 1.29 is 9.53 Å². The number of rotatable bonds is 3. The molecule has 2 aliphatic heterocycles. The maximum Gasteiger partial charge on any atom is 0.410 e. The van der Waals surface area contributed by atoms with Gasteiger partial charge in [-0.2, -0.15) is 0 Å². The van der Waals surface area contributed by atoms with Gasteiger partial charge in [0.2, 0.25) is 0 Å². The zero-order chi connectivity index (χ0) is 19.6. The van der Waals surface area contributed by atoms with E-state index in [2.05, 4.69) is 35.3 Å². The van der Waals surface area contributed by atoms with Gasteiger partial charge in [-0.05, 0) is 70.2 Å². The van der Waals surface area contributed by atoms with Gasteiger partial charge < -0.3 is 15.0 Å². The lowest BCUT2D eigenvalue weighted by Crippen LogP contribution is -2.50. The zero-order valence-electron chi connectivity index (χ0n) is 17.5. The smallest absolute Gasteiger partial charge is 0.410 e. The molecule has 0 bridgehead atoms. The van der Waals surface area contributed by atoms with Crippen LogP contribution in [0, 0.1) is 5.92 Å². The average Bonchev–Trinajstić information content (AvgIpc) is 2.60. The molecule has 2 heterocycles. The van der Waals surface area contributed by atoms with Crippen LogP contribution < -0.4 is 10.2 Å². The predicted octanol–water partition coefficient (Wildman–Crippen LogP) is 3.80. The summed E-state index contributed by atoms with van der Waals surface area (Å²) in [6, 6.07) is 6.67. The van der Waals surface area contributed by atoms with E-state index >= 15 is 0 Å². The van der Waals surface area contributed by atoms with Gasteiger partial charge in [-0.15, -0.1) is 0 Å². The predicted molar refractivity (Wildman–Crippen MR) is 110 cm³/mol. The second-order valence-corrected chi connectivity index (χ2v) is 9.11. The standard InChI is InChI=1S/C22H35N3O2/c1-16-9-11-24(12-10-16)20-8-6-7-17-15-25(21(26)27-22(2,3)4)18(14-23-5)13-19(17)20/h6-8,16,18,23H,9-15H2,1-5H3.